The minimum absolute atomic E-state index is 0.0265. The number of methoxy groups -OCH3 is 1. The van der Waals surface area contributed by atoms with E-state index in [2.05, 4.69) is 19.2 Å². The first-order valence-electron chi connectivity index (χ1n) is 7.62. The fourth-order valence-electron chi connectivity index (χ4n) is 3.21. The van der Waals surface area contributed by atoms with Crippen molar-refractivity contribution in [1.82, 2.24) is 5.32 Å². The summed E-state index contributed by atoms with van der Waals surface area (Å²) in [6, 6.07) is 5.61. The summed E-state index contributed by atoms with van der Waals surface area (Å²) >= 11 is 0. The Morgan fingerprint density at radius 2 is 2.05 bits per heavy atom. The van der Waals surface area contributed by atoms with Gasteiger partial charge in [0.1, 0.15) is 11.6 Å². The maximum absolute atomic E-state index is 14.1. The number of ether oxygens (including phenoxy) is 1. The number of rotatable bonds is 4. The molecular weight excluding hydrogens is 253 g/mol. The van der Waals surface area contributed by atoms with Crippen LogP contribution >= 0.6 is 0 Å². The molecule has 0 heterocycles. The maximum atomic E-state index is 14.1. The Labute approximate surface area is 121 Å². The quantitative estimate of drug-likeness (QED) is 0.886. The average Bonchev–Trinajstić information content (AvgIpc) is 2.43. The third-order valence-corrected chi connectivity index (χ3v) is 4.85. The number of halogens is 1. The molecule has 1 N–H and O–H groups in total. The van der Waals surface area contributed by atoms with Crippen molar-refractivity contribution in [3.63, 3.8) is 0 Å². The Balaban J connectivity index is 2.06. The van der Waals surface area contributed by atoms with Gasteiger partial charge in [-0.3, -0.25) is 0 Å². The van der Waals surface area contributed by atoms with Crippen LogP contribution in [-0.2, 0) is 0 Å². The highest BCUT2D eigenvalue weighted by Gasteiger charge is 2.28. The molecule has 1 aliphatic rings. The van der Waals surface area contributed by atoms with Crippen LogP contribution in [0.25, 0.3) is 0 Å². The van der Waals surface area contributed by atoms with E-state index >= 15 is 0 Å². The van der Waals surface area contributed by atoms with Gasteiger partial charge in [0.2, 0.25) is 0 Å². The van der Waals surface area contributed by atoms with Gasteiger partial charge in [0.25, 0.3) is 0 Å². The van der Waals surface area contributed by atoms with Gasteiger partial charge in [0.15, 0.2) is 0 Å². The zero-order chi connectivity index (χ0) is 14.7. The molecule has 112 valence electrons. The van der Waals surface area contributed by atoms with Crippen LogP contribution in [-0.4, -0.2) is 13.2 Å². The van der Waals surface area contributed by atoms with E-state index in [1.807, 2.05) is 19.1 Å². The van der Waals surface area contributed by atoms with Gasteiger partial charge in [-0.05, 0) is 31.2 Å². The van der Waals surface area contributed by atoms with Crippen LogP contribution in [0, 0.1) is 17.7 Å². The summed E-state index contributed by atoms with van der Waals surface area (Å²) in [5.41, 5.74) is 0.719. The summed E-state index contributed by atoms with van der Waals surface area (Å²) in [4.78, 5) is 0. The van der Waals surface area contributed by atoms with Crippen molar-refractivity contribution in [2.45, 2.75) is 52.1 Å². The average molecular weight is 279 g/mol. The molecule has 1 fully saturated rings. The molecule has 0 radical (unpaired) electrons. The third-order valence-electron chi connectivity index (χ3n) is 4.85. The molecular formula is C17H26FNO. The first-order chi connectivity index (χ1) is 9.52. The summed E-state index contributed by atoms with van der Waals surface area (Å²) in [6.45, 7) is 6.66. The van der Waals surface area contributed by atoms with Crippen molar-refractivity contribution in [2.75, 3.05) is 7.11 Å². The van der Waals surface area contributed by atoms with E-state index in [-0.39, 0.29) is 11.9 Å². The molecule has 3 heteroatoms. The van der Waals surface area contributed by atoms with Gasteiger partial charge < -0.3 is 10.1 Å². The predicted molar refractivity (Wildman–Crippen MR) is 80.5 cm³/mol. The van der Waals surface area contributed by atoms with E-state index < -0.39 is 0 Å². The molecule has 2 rings (SSSR count). The minimum atomic E-state index is -0.194. The summed E-state index contributed by atoms with van der Waals surface area (Å²) < 4.78 is 19.1. The molecule has 1 aromatic carbocycles. The van der Waals surface area contributed by atoms with Gasteiger partial charge in [-0.25, -0.2) is 4.39 Å². The van der Waals surface area contributed by atoms with Crippen molar-refractivity contribution < 1.29 is 9.13 Å². The van der Waals surface area contributed by atoms with Crippen LogP contribution in [0.5, 0.6) is 5.75 Å². The Morgan fingerprint density at radius 1 is 1.30 bits per heavy atom. The van der Waals surface area contributed by atoms with Crippen molar-refractivity contribution in [3.05, 3.63) is 29.6 Å². The molecule has 0 aromatic heterocycles. The van der Waals surface area contributed by atoms with Gasteiger partial charge in [-0.2, -0.15) is 0 Å². The lowest BCUT2D eigenvalue weighted by atomic mass is 9.77. The molecule has 1 aliphatic carbocycles. The lowest BCUT2D eigenvalue weighted by Crippen LogP contribution is -2.41. The highest BCUT2D eigenvalue weighted by molar-refractivity contribution is 5.30. The zero-order valence-electron chi connectivity index (χ0n) is 12.9. The number of benzene rings is 1. The van der Waals surface area contributed by atoms with E-state index in [9.17, 15) is 4.39 Å². The van der Waals surface area contributed by atoms with E-state index in [1.54, 1.807) is 7.11 Å². The molecule has 0 bridgehead atoms. The lowest BCUT2D eigenvalue weighted by molar-refractivity contribution is 0.195. The van der Waals surface area contributed by atoms with E-state index in [0.29, 0.717) is 17.7 Å². The molecule has 2 nitrogen and oxygen atoms in total. The second-order valence-electron chi connectivity index (χ2n) is 6.15. The predicted octanol–water partition coefficient (Wildman–Crippen LogP) is 4.31. The first kappa shape index (κ1) is 15.3. The van der Waals surface area contributed by atoms with Crippen LogP contribution in [0.2, 0.25) is 0 Å². The van der Waals surface area contributed by atoms with Crippen LogP contribution < -0.4 is 10.1 Å². The second-order valence-corrected chi connectivity index (χ2v) is 6.15. The minimum Gasteiger partial charge on any atom is -0.497 e. The fraction of sp³-hybridized carbons (Fsp3) is 0.647. The Kier molecular flexibility index (Phi) is 5.03. The van der Waals surface area contributed by atoms with Crippen molar-refractivity contribution in [2.24, 2.45) is 11.8 Å². The summed E-state index contributed by atoms with van der Waals surface area (Å²) in [5.74, 6) is 1.76. The van der Waals surface area contributed by atoms with Gasteiger partial charge in [-0.1, -0.05) is 32.8 Å². The van der Waals surface area contributed by atoms with E-state index in [4.69, 9.17) is 4.74 Å². The molecule has 4 atom stereocenters. The first-order valence-corrected chi connectivity index (χ1v) is 7.62. The number of hydrogen-bond donors (Lipinski definition) is 1. The number of hydrogen-bond acceptors (Lipinski definition) is 2. The molecule has 1 saturated carbocycles. The monoisotopic (exact) mass is 279 g/mol. The molecule has 0 spiro atoms. The fourth-order valence-corrected chi connectivity index (χ4v) is 3.21. The van der Waals surface area contributed by atoms with Crippen LogP contribution in [0.4, 0.5) is 4.39 Å². The Hall–Kier alpha value is -1.09. The SMILES string of the molecule is COc1ccc(C(C)NC2CCCC(C)C2C)c(F)c1. The van der Waals surface area contributed by atoms with Gasteiger partial charge >= 0.3 is 0 Å². The lowest BCUT2D eigenvalue weighted by Gasteiger charge is -2.36. The molecule has 4 unspecified atom stereocenters. The summed E-state index contributed by atoms with van der Waals surface area (Å²) in [6.07, 6.45) is 3.76. The zero-order valence-corrected chi connectivity index (χ0v) is 12.9. The molecule has 0 saturated heterocycles. The molecule has 0 amide bonds. The highest BCUT2D eigenvalue weighted by atomic mass is 19.1. The van der Waals surface area contributed by atoms with Crippen LogP contribution in [0.1, 0.15) is 51.6 Å². The summed E-state index contributed by atoms with van der Waals surface area (Å²) in [7, 11) is 1.56. The molecule has 0 aliphatic heterocycles. The van der Waals surface area contributed by atoms with Crippen molar-refractivity contribution in [1.29, 1.82) is 0 Å². The smallest absolute Gasteiger partial charge is 0.131 e. The van der Waals surface area contributed by atoms with Gasteiger partial charge in [-0.15, -0.1) is 0 Å². The van der Waals surface area contributed by atoms with E-state index in [1.165, 1.54) is 25.3 Å². The number of nitrogens with one attached hydrogen (secondary N) is 1. The van der Waals surface area contributed by atoms with Crippen LogP contribution in [0.3, 0.4) is 0 Å². The largest absolute Gasteiger partial charge is 0.497 e. The van der Waals surface area contributed by atoms with Crippen LogP contribution in [0.15, 0.2) is 18.2 Å². The van der Waals surface area contributed by atoms with Gasteiger partial charge in [0.05, 0.1) is 7.11 Å². The third kappa shape index (κ3) is 3.32. The normalized spacial score (nSPS) is 28.1. The molecule has 1 aromatic rings. The van der Waals surface area contributed by atoms with Gasteiger partial charge in [0, 0.05) is 23.7 Å². The van der Waals surface area contributed by atoms with Crippen molar-refractivity contribution >= 4 is 0 Å². The Morgan fingerprint density at radius 3 is 2.70 bits per heavy atom. The highest BCUT2D eigenvalue weighted by Crippen LogP contribution is 2.31. The second kappa shape index (κ2) is 6.57. The maximum Gasteiger partial charge on any atom is 0.131 e. The Bertz CT molecular complexity index is 449. The molecule has 20 heavy (non-hydrogen) atoms. The van der Waals surface area contributed by atoms with Crippen molar-refractivity contribution in [3.8, 4) is 5.75 Å². The topological polar surface area (TPSA) is 21.3 Å². The van der Waals surface area contributed by atoms with E-state index in [0.717, 1.165) is 11.5 Å². The summed E-state index contributed by atoms with van der Waals surface area (Å²) in [5, 5.41) is 3.61. The standard InChI is InChI=1S/C17H26FNO/c1-11-6-5-7-17(12(11)2)19-13(3)15-9-8-14(20-4)10-16(15)18/h8-13,17,19H,5-7H2,1-4H3.